The van der Waals surface area contributed by atoms with E-state index in [4.69, 9.17) is 4.74 Å². The van der Waals surface area contributed by atoms with E-state index in [2.05, 4.69) is 121 Å². The number of anilines is 1. The molecule has 0 aliphatic heterocycles. The Morgan fingerprint density at radius 2 is 1.41 bits per heavy atom. The zero-order valence-corrected chi connectivity index (χ0v) is 23.9. The number of hydrogen-bond donors (Lipinski definition) is 1. The number of hydrogen-bond acceptors (Lipinski definition) is 4. The molecule has 1 amide bonds. The molecule has 0 aliphatic carbocycles. The summed E-state index contributed by atoms with van der Waals surface area (Å²) in [5.74, 6) is 0.882. The summed E-state index contributed by atoms with van der Waals surface area (Å²) in [5.41, 5.74) is 1.62. The summed E-state index contributed by atoms with van der Waals surface area (Å²) in [6.45, 7) is 4.82. The summed E-state index contributed by atoms with van der Waals surface area (Å²) < 4.78 is 6.19. The predicted molar refractivity (Wildman–Crippen MR) is 166 cm³/mol. The highest BCUT2D eigenvalue weighted by atomic mass is 32.1. The predicted octanol–water partition coefficient (Wildman–Crippen LogP) is 6.92. The second-order valence-electron chi connectivity index (χ2n) is 9.84. The Bertz CT molecular complexity index is 1390. The van der Waals surface area contributed by atoms with Gasteiger partial charge in [-0.15, -0.1) is 11.3 Å². The average molecular weight is 552 g/mol. The van der Waals surface area contributed by atoms with Crippen molar-refractivity contribution in [2.75, 3.05) is 11.9 Å². The van der Waals surface area contributed by atoms with Gasteiger partial charge in [0.25, 0.3) is 5.91 Å². The highest BCUT2D eigenvalue weighted by molar-refractivity contribution is 7.95. The molecule has 0 unspecified atom stereocenters. The molecule has 1 heterocycles. The van der Waals surface area contributed by atoms with Gasteiger partial charge in [-0.1, -0.05) is 68.4 Å². The van der Waals surface area contributed by atoms with Crippen LogP contribution in [0.3, 0.4) is 0 Å². The SMILES string of the molecule is CC(C)COc1cc(C[P+](c2ccccc2)(c2ccccc2)c2ccccc2)cc(C(=O)Nc2nccs2)c1. The fourth-order valence-electron chi connectivity index (χ4n) is 4.73. The topological polar surface area (TPSA) is 51.2 Å². The lowest BCUT2D eigenvalue weighted by Crippen LogP contribution is -2.32. The van der Waals surface area contributed by atoms with E-state index in [-0.39, 0.29) is 5.91 Å². The summed E-state index contributed by atoms with van der Waals surface area (Å²) in [5, 5.41) is 9.25. The van der Waals surface area contributed by atoms with Crippen molar-refractivity contribution < 1.29 is 9.53 Å². The molecule has 4 aromatic carbocycles. The Morgan fingerprint density at radius 3 is 1.90 bits per heavy atom. The van der Waals surface area contributed by atoms with E-state index >= 15 is 0 Å². The molecule has 4 nitrogen and oxygen atoms in total. The Balaban J connectivity index is 1.66. The summed E-state index contributed by atoms with van der Waals surface area (Å²) in [4.78, 5) is 17.6. The number of nitrogens with one attached hydrogen (secondary N) is 1. The minimum absolute atomic E-state index is 0.190. The van der Waals surface area contributed by atoms with Crippen molar-refractivity contribution in [3.05, 3.63) is 132 Å². The molecule has 196 valence electrons. The molecule has 0 atom stereocenters. The Kier molecular flexibility index (Phi) is 8.51. The molecule has 0 saturated carbocycles. The minimum Gasteiger partial charge on any atom is -0.493 e. The van der Waals surface area contributed by atoms with Crippen LogP contribution in [-0.2, 0) is 6.16 Å². The Hall–Kier alpha value is -3.79. The van der Waals surface area contributed by atoms with Crippen LogP contribution in [0.4, 0.5) is 5.13 Å². The smallest absolute Gasteiger partial charge is 0.257 e. The molecule has 5 rings (SSSR count). The van der Waals surface area contributed by atoms with E-state index in [1.165, 1.54) is 27.3 Å². The van der Waals surface area contributed by atoms with Crippen molar-refractivity contribution in [3.63, 3.8) is 0 Å². The van der Waals surface area contributed by atoms with Gasteiger partial charge in [-0.05, 0) is 66.1 Å². The number of rotatable bonds is 10. The van der Waals surface area contributed by atoms with Gasteiger partial charge in [0.1, 0.15) is 28.9 Å². The van der Waals surface area contributed by atoms with Gasteiger partial charge in [0.05, 0.1) is 12.8 Å². The highest BCUT2D eigenvalue weighted by Crippen LogP contribution is 2.58. The molecule has 0 aliphatic rings. The lowest BCUT2D eigenvalue weighted by atomic mass is 10.1. The van der Waals surface area contributed by atoms with Crippen molar-refractivity contribution in [2.45, 2.75) is 20.0 Å². The van der Waals surface area contributed by atoms with Crippen LogP contribution >= 0.6 is 18.6 Å². The largest absolute Gasteiger partial charge is 0.493 e. The third-order valence-electron chi connectivity index (χ3n) is 6.48. The van der Waals surface area contributed by atoms with Crippen LogP contribution in [0, 0.1) is 5.92 Å². The second kappa shape index (κ2) is 12.4. The first-order chi connectivity index (χ1) is 19.0. The quantitative estimate of drug-likeness (QED) is 0.192. The molecule has 0 fully saturated rings. The van der Waals surface area contributed by atoms with E-state index in [1.54, 1.807) is 6.20 Å². The lowest BCUT2D eigenvalue weighted by Gasteiger charge is -2.28. The van der Waals surface area contributed by atoms with Crippen LogP contribution in [0.1, 0.15) is 29.8 Å². The third kappa shape index (κ3) is 6.27. The number of nitrogens with zero attached hydrogens (tertiary/aromatic N) is 1. The maximum atomic E-state index is 13.3. The van der Waals surface area contributed by atoms with Gasteiger partial charge in [-0.2, -0.15) is 0 Å². The van der Waals surface area contributed by atoms with Crippen LogP contribution in [-0.4, -0.2) is 17.5 Å². The zero-order chi connectivity index (χ0) is 27.1. The summed E-state index contributed by atoms with van der Waals surface area (Å²) in [6, 6.07) is 38.3. The molecule has 1 aromatic heterocycles. The van der Waals surface area contributed by atoms with Crippen molar-refractivity contribution in [1.82, 2.24) is 4.98 Å². The van der Waals surface area contributed by atoms with Gasteiger partial charge in [0.15, 0.2) is 5.13 Å². The monoisotopic (exact) mass is 551 g/mol. The number of carbonyl (C=O) groups excluding carboxylic acids is 1. The van der Waals surface area contributed by atoms with E-state index < -0.39 is 7.26 Å². The Labute approximate surface area is 235 Å². The fourth-order valence-corrected chi connectivity index (χ4v) is 9.47. The lowest BCUT2D eigenvalue weighted by molar-refractivity contribution is 0.102. The fraction of sp³-hybridized carbons (Fsp3) is 0.152. The van der Waals surface area contributed by atoms with E-state index in [9.17, 15) is 4.79 Å². The number of thiazole rings is 1. The van der Waals surface area contributed by atoms with Crippen molar-refractivity contribution >= 4 is 45.6 Å². The first-order valence-electron chi connectivity index (χ1n) is 13.1. The molecular formula is C33H32N2O2PS+. The number of benzene rings is 4. The van der Waals surface area contributed by atoms with Crippen molar-refractivity contribution in [2.24, 2.45) is 5.92 Å². The third-order valence-corrected chi connectivity index (χ3v) is 11.5. The summed E-state index contributed by atoms with van der Waals surface area (Å²) in [6.07, 6.45) is 2.44. The minimum atomic E-state index is -2.14. The molecule has 39 heavy (non-hydrogen) atoms. The second-order valence-corrected chi connectivity index (χ2v) is 14.2. The molecule has 0 radical (unpaired) electrons. The van der Waals surface area contributed by atoms with Crippen LogP contribution in [0.5, 0.6) is 5.75 Å². The maximum absolute atomic E-state index is 13.3. The number of aromatic nitrogens is 1. The first-order valence-corrected chi connectivity index (χ1v) is 15.9. The molecule has 0 bridgehead atoms. The van der Waals surface area contributed by atoms with Crippen LogP contribution in [0.2, 0.25) is 0 Å². The van der Waals surface area contributed by atoms with Crippen LogP contribution in [0.25, 0.3) is 0 Å². The number of ether oxygens (including phenoxy) is 1. The molecule has 0 spiro atoms. The standard InChI is InChI=1S/C33H31N2O2PS/c1-25(2)23-37-28-21-26(20-27(22-28)32(36)35-33-34-18-19-39-33)24-38(29-12-6-3-7-13-29,30-14-8-4-9-15-30)31-16-10-5-11-17-31/h3-22,25H,23-24H2,1-2H3/p+1. The summed E-state index contributed by atoms with van der Waals surface area (Å²) >= 11 is 1.40. The Morgan fingerprint density at radius 1 is 0.846 bits per heavy atom. The van der Waals surface area contributed by atoms with Gasteiger partial charge < -0.3 is 4.74 Å². The molecular weight excluding hydrogens is 519 g/mol. The maximum Gasteiger partial charge on any atom is 0.257 e. The average Bonchev–Trinajstić information content (AvgIpc) is 3.49. The highest BCUT2D eigenvalue weighted by Gasteiger charge is 2.45. The van der Waals surface area contributed by atoms with E-state index in [0.29, 0.717) is 29.0 Å². The molecule has 6 heteroatoms. The van der Waals surface area contributed by atoms with Gasteiger partial charge in [-0.3, -0.25) is 10.1 Å². The van der Waals surface area contributed by atoms with Crippen molar-refractivity contribution in [1.29, 1.82) is 0 Å². The molecule has 0 saturated heterocycles. The molecule has 5 aromatic rings. The van der Waals surface area contributed by atoms with Gasteiger partial charge in [0, 0.05) is 17.1 Å². The van der Waals surface area contributed by atoms with Crippen LogP contribution < -0.4 is 26.0 Å². The van der Waals surface area contributed by atoms with Gasteiger partial charge in [-0.25, -0.2) is 4.98 Å². The van der Waals surface area contributed by atoms with Gasteiger partial charge >= 0.3 is 0 Å². The molecule has 1 N–H and O–H groups in total. The summed E-state index contributed by atoms with van der Waals surface area (Å²) in [7, 11) is -2.14. The van der Waals surface area contributed by atoms with Crippen LogP contribution in [0.15, 0.2) is 121 Å². The van der Waals surface area contributed by atoms with Crippen molar-refractivity contribution in [3.8, 4) is 5.75 Å². The first kappa shape index (κ1) is 26.8. The van der Waals surface area contributed by atoms with E-state index in [1.807, 2.05) is 17.5 Å². The van der Waals surface area contributed by atoms with Gasteiger partial charge in [0.2, 0.25) is 0 Å². The normalized spacial score (nSPS) is 11.4. The van der Waals surface area contributed by atoms with E-state index in [0.717, 1.165) is 11.7 Å². The number of amides is 1. The number of carbonyl (C=O) groups is 1. The zero-order valence-electron chi connectivity index (χ0n) is 22.2.